The third-order valence-electron chi connectivity index (χ3n) is 3.63. The first kappa shape index (κ1) is 15.1. The zero-order valence-corrected chi connectivity index (χ0v) is 14.0. The van der Waals surface area contributed by atoms with Gasteiger partial charge in [0.2, 0.25) is 0 Å². The lowest BCUT2D eigenvalue weighted by atomic mass is 10.2. The topological polar surface area (TPSA) is 37.9 Å². The van der Waals surface area contributed by atoms with Crippen LogP contribution < -0.4 is 4.74 Å². The van der Waals surface area contributed by atoms with Crippen molar-refractivity contribution < 1.29 is 4.74 Å². The Bertz CT molecular complexity index is 976. The molecule has 0 saturated carbocycles. The van der Waals surface area contributed by atoms with E-state index < -0.39 is 0 Å². The molecule has 0 aliphatic carbocycles. The number of hydrogen-bond acceptors (Lipinski definition) is 2. The van der Waals surface area contributed by atoms with Crippen molar-refractivity contribution in [1.82, 2.24) is 9.97 Å². The molecule has 0 fully saturated rings. The Morgan fingerprint density at radius 3 is 2.33 bits per heavy atom. The van der Waals surface area contributed by atoms with Gasteiger partial charge in [0, 0.05) is 16.7 Å². The molecule has 0 aliphatic heterocycles. The standard InChI is InChI=1S/C19H12Cl2N2O/c20-12-5-7-13(8-6-12)24-14-9-10-15(16(21)11-14)19-22-17-3-1-2-4-18(17)23-19/h1-11H,(H,22,23). The number of ether oxygens (including phenoxy) is 1. The predicted molar refractivity (Wildman–Crippen MR) is 98.1 cm³/mol. The predicted octanol–water partition coefficient (Wildman–Crippen LogP) is 6.33. The second-order valence-electron chi connectivity index (χ2n) is 5.30. The molecule has 118 valence electrons. The molecule has 1 N–H and O–H groups in total. The minimum atomic E-state index is 0.570. The van der Waals surface area contributed by atoms with E-state index in [-0.39, 0.29) is 0 Å². The molecule has 0 radical (unpaired) electrons. The minimum absolute atomic E-state index is 0.570. The van der Waals surface area contributed by atoms with Crippen molar-refractivity contribution in [2.24, 2.45) is 0 Å². The van der Waals surface area contributed by atoms with Gasteiger partial charge in [-0.05, 0) is 48.5 Å². The van der Waals surface area contributed by atoms with E-state index in [0.717, 1.165) is 22.4 Å². The molecule has 0 amide bonds. The zero-order valence-electron chi connectivity index (χ0n) is 12.5. The van der Waals surface area contributed by atoms with Gasteiger partial charge in [-0.3, -0.25) is 0 Å². The third kappa shape index (κ3) is 2.96. The number of halogens is 2. The number of fused-ring (bicyclic) bond motifs is 1. The number of para-hydroxylation sites is 2. The zero-order chi connectivity index (χ0) is 16.5. The lowest BCUT2D eigenvalue weighted by molar-refractivity contribution is 0.483. The number of imidazole rings is 1. The van der Waals surface area contributed by atoms with Crippen molar-refractivity contribution in [2.75, 3.05) is 0 Å². The van der Waals surface area contributed by atoms with Gasteiger partial charge >= 0.3 is 0 Å². The second kappa shape index (κ2) is 6.19. The van der Waals surface area contributed by atoms with Gasteiger partial charge in [-0.2, -0.15) is 0 Å². The number of H-pyrrole nitrogens is 1. The van der Waals surface area contributed by atoms with Crippen molar-refractivity contribution in [1.29, 1.82) is 0 Å². The number of nitrogens with one attached hydrogen (secondary N) is 1. The first-order valence-electron chi connectivity index (χ1n) is 7.37. The van der Waals surface area contributed by atoms with Gasteiger partial charge in [-0.15, -0.1) is 0 Å². The molecule has 4 rings (SSSR count). The molecular formula is C19H12Cl2N2O. The molecule has 3 nitrogen and oxygen atoms in total. The van der Waals surface area contributed by atoms with Crippen LogP contribution in [0.3, 0.4) is 0 Å². The monoisotopic (exact) mass is 354 g/mol. The third-order valence-corrected chi connectivity index (χ3v) is 4.20. The van der Waals surface area contributed by atoms with Crippen LogP contribution in [0.2, 0.25) is 10.0 Å². The van der Waals surface area contributed by atoms with Crippen molar-refractivity contribution in [3.8, 4) is 22.9 Å². The Kier molecular flexibility index (Phi) is 3.89. The fourth-order valence-electron chi connectivity index (χ4n) is 2.47. The highest BCUT2D eigenvalue weighted by molar-refractivity contribution is 6.33. The maximum Gasteiger partial charge on any atom is 0.140 e. The van der Waals surface area contributed by atoms with Crippen LogP contribution in [0, 0.1) is 0 Å². The number of nitrogens with zero attached hydrogens (tertiary/aromatic N) is 1. The van der Waals surface area contributed by atoms with Gasteiger partial charge in [0.15, 0.2) is 0 Å². The number of rotatable bonds is 3. The van der Waals surface area contributed by atoms with Crippen LogP contribution in [0.4, 0.5) is 0 Å². The Morgan fingerprint density at radius 2 is 1.58 bits per heavy atom. The van der Waals surface area contributed by atoms with E-state index in [1.165, 1.54) is 0 Å². The quantitative estimate of drug-likeness (QED) is 0.466. The SMILES string of the molecule is Clc1ccc(Oc2ccc(-c3nc4ccccc4[nH]3)c(Cl)c2)cc1. The number of aromatic nitrogens is 2. The van der Waals surface area contributed by atoms with Crippen LogP contribution in [0.1, 0.15) is 0 Å². The van der Waals surface area contributed by atoms with Crippen molar-refractivity contribution in [3.05, 3.63) is 76.8 Å². The molecule has 4 aromatic rings. The highest BCUT2D eigenvalue weighted by atomic mass is 35.5. The molecule has 0 spiro atoms. The van der Waals surface area contributed by atoms with Gasteiger partial charge < -0.3 is 9.72 Å². The normalized spacial score (nSPS) is 10.9. The number of aromatic amines is 1. The van der Waals surface area contributed by atoms with Gasteiger partial charge in [-0.1, -0.05) is 35.3 Å². The molecule has 0 bridgehead atoms. The molecule has 0 saturated heterocycles. The number of hydrogen-bond donors (Lipinski definition) is 1. The minimum Gasteiger partial charge on any atom is -0.457 e. The van der Waals surface area contributed by atoms with E-state index >= 15 is 0 Å². The van der Waals surface area contributed by atoms with Gasteiger partial charge in [0.05, 0.1) is 16.1 Å². The van der Waals surface area contributed by atoms with Crippen LogP contribution in [0.25, 0.3) is 22.4 Å². The van der Waals surface area contributed by atoms with Crippen molar-refractivity contribution >= 4 is 34.2 Å². The fourth-order valence-corrected chi connectivity index (χ4v) is 2.86. The molecule has 3 aromatic carbocycles. The van der Waals surface area contributed by atoms with Crippen LogP contribution in [0.5, 0.6) is 11.5 Å². The summed E-state index contributed by atoms with van der Waals surface area (Å²) in [5.74, 6) is 2.09. The van der Waals surface area contributed by atoms with E-state index in [4.69, 9.17) is 27.9 Å². The lowest BCUT2D eigenvalue weighted by Crippen LogP contribution is -1.87. The number of benzene rings is 3. The second-order valence-corrected chi connectivity index (χ2v) is 6.14. The van der Waals surface area contributed by atoms with Crippen LogP contribution >= 0.6 is 23.2 Å². The van der Waals surface area contributed by atoms with E-state index in [1.54, 1.807) is 18.2 Å². The Hall–Kier alpha value is -2.49. The first-order valence-corrected chi connectivity index (χ1v) is 8.13. The van der Waals surface area contributed by atoms with E-state index in [9.17, 15) is 0 Å². The molecular weight excluding hydrogens is 343 g/mol. The summed E-state index contributed by atoms with van der Waals surface area (Å²) in [4.78, 5) is 7.85. The molecule has 0 aliphatic rings. The maximum absolute atomic E-state index is 6.42. The van der Waals surface area contributed by atoms with Crippen LogP contribution in [-0.4, -0.2) is 9.97 Å². The average molecular weight is 355 g/mol. The first-order chi connectivity index (χ1) is 11.7. The summed E-state index contributed by atoms with van der Waals surface area (Å²) in [5, 5.41) is 1.24. The summed E-state index contributed by atoms with van der Waals surface area (Å²) in [6, 6.07) is 20.6. The molecule has 1 aromatic heterocycles. The molecule has 24 heavy (non-hydrogen) atoms. The Morgan fingerprint density at radius 1 is 0.833 bits per heavy atom. The highest BCUT2D eigenvalue weighted by Crippen LogP contribution is 2.32. The Labute approximate surface area is 148 Å². The average Bonchev–Trinajstić information content (AvgIpc) is 3.01. The van der Waals surface area contributed by atoms with E-state index in [0.29, 0.717) is 21.5 Å². The van der Waals surface area contributed by atoms with Crippen molar-refractivity contribution in [3.63, 3.8) is 0 Å². The summed E-state index contributed by atoms with van der Waals surface area (Å²) >= 11 is 12.3. The van der Waals surface area contributed by atoms with E-state index in [2.05, 4.69) is 9.97 Å². The molecule has 5 heteroatoms. The fraction of sp³-hybridized carbons (Fsp3) is 0. The van der Waals surface area contributed by atoms with Crippen LogP contribution in [0.15, 0.2) is 66.7 Å². The highest BCUT2D eigenvalue weighted by Gasteiger charge is 2.10. The summed E-state index contributed by atoms with van der Waals surface area (Å²) in [5.41, 5.74) is 2.71. The summed E-state index contributed by atoms with van der Waals surface area (Å²) in [6.07, 6.45) is 0. The largest absolute Gasteiger partial charge is 0.457 e. The summed E-state index contributed by atoms with van der Waals surface area (Å²) < 4.78 is 5.79. The molecule has 0 atom stereocenters. The van der Waals surface area contributed by atoms with Crippen molar-refractivity contribution in [2.45, 2.75) is 0 Å². The smallest absolute Gasteiger partial charge is 0.140 e. The Balaban J connectivity index is 1.65. The van der Waals surface area contributed by atoms with Gasteiger partial charge in [0.1, 0.15) is 17.3 Å². The van der Waals surface area contributed by atoms with Gasteiger partial charge in [-0.25, -0.2) is 4.98 Å². The molecule has 1 heterocycles. The maximum atomic E-state index is 6.42. The lowest BCUT2D eigenvalue weighted by Gasteiger charge is -2.08. The summed E-state index contributed by atoms with van der Waals surface area (Å²) in [7, 11) is 0. The molecule has 0 unspecified atom stereocenters. The van der Waals surface area contributed by atoms with Gasteiger partial charge in [0.25, 0.3) is 0 Å². The summed E-state index contributed by atoms with van der Waals surface area (Å²) in [6.45, 7) is 0. The van der Waals surface area contributed by atoms with Crippen LogP contribution in [-0.2, 0) is 0 Å². The van der Waals surface area contributed by atoms with E-state index in [1.807, 2.05) is 48.5 Å².